The van der Waals surface area contributed by atoms with Gasteiger partial charge in [-0.05, 0) is 66.6 Å². The number of carbonyl (C=O) groups excluding carboxylic acids is 1. The molecule has 1 fully saturated rings. The van der Waals surface area contributed by atoms with E-state index in [-0.39, 0.29) is 11.5 Å². The quantitative estimate of drug-likeness (QED) is 0.565. The number of halogens is 1. The molecule has 164 valence electrons. The van der Waals surface area contributed by atoms with Crippen molar-refractivity contribution in [1.82, 2.24) is 4.98 Å². The zero-order chi connectivity index (χ0) is 22.6. The number of sulfonamides is 1. The van der Waals surface area contributed by atoms with E-state index in [1.807, 2.05) is 0 Å². The molecule has 4 rings (SSSR count). The lowest BCUT2D eigenvalue weighted by atomic mass is 10.2. The topological polar surface area (TPSA) is 88.6 Å². The van der Waals surface area contributed by atoms with Gasteiger partial charge in [-0.2, -0.15) is 0 Å². The summed E-state index contributed by atoms with van der Waals surface area (Å²) in [7, 11) is -3.25. The van der Waals surface area contributed by atoms with E-state index in [4.69, 9.17) is 4.74 Å². The average Bonchev–Trinajstić information content (AvgIpc) is 3.14. The summed E-state index contributed by atoms with van der Waals surface area (Å²) in [4.78, 5) is 16.1. The largest absolute Gasteiger partial charge is 0.453 e. The van der Waals surface area contributed by atoms with E-state index in [1.165, 1.54) is 34.8 Å². The highest BCUT2D eigenvalue weighted by Crippen LogP contribution is 2.26. The normalized spacial score (nSPS) is 15.1. The molecule has 0 bridgehead atoms. The number of ether oxygens (including phenoxy) is 1. The van der Waals surface area contributed by atoms with E-state index in [1.54, 1.807) is 48.7 Å². The minimum absolute atomic E-state index is 0.0553. The number of pyridine rings is 1. The Balaban J connectivity index is 1.36. The van der Waals surface area contributed by atoms with Crippen LogP contribution in [0.1, 0.15) is 12.0 Å². The number of anilines is 2. The van der Waals surface area contributed by atoms with Crippen molar-refractivity contribution in [3.05, 3.63) is 84.4 Å². The van der Waals surface area contributed by atoms with Gasteiger partial charge in [-0.3, -0.25) is 14.1 Å². The summed E-state index contributed by atoms with van der Waals surface area (Å²) >= 11 is 0. The van der Waals surface area contributed by atoms with Gasteiger partial charge in [-0.25, -0.2) is 12.8 Å². The van der Waals surface area contributed by atoms with E-state index in [2.05, 4.69) is 10.3 Å². The molecule has 9 heteroatoms. The van der Waals surface area contributed by atoms with Crippen LogP contribution in [-0.4, -0.2) is 31.6 Å². The summed E-state index contributed by atoms with van der Waals surface area (Å²) in [5, 5.41) is 2.69. The van der Waals surface area contributed by atoms with Crippen LogP contribution in [0, 0.1) is 5.82 Å². The molecule has 1 aliphatic rings. The van der Waals surface area contributed by atoms with Gasteiger partial charge in [0.25, 0.3) is 0 Å². The first kappa shape index (κ1) is 21.5. The number of benzene rings is 2. The van der Waals surface area contributed by atoms with E-state index in [0.717, 1.165) is 0 Å². The molecule has 1 N–H and O–H groups in total. The van der Waals surface area contributed by atoms with Crippen LogP contribution < -0.4 is 14.4 Å². The van der Waals surface area contributed by atoms with Gasteiger partial charge < -0.3 is 10.1 Å². The monoisotopic (exact) mass is 453 g/mol. The molecule has 32 heavy (non-hydrogen) atoms. The summed E-state index contributed by atoms with van der Waals surface area (Å²) in [5.74, 6) is -0.346. The number of nitrogens with one attached hydrogen (secondary N) is 1. The summed E-state index contributed by atoms with van der Waals surface area (Å²) in [6, 6.07) is 14.3. The molecule has 1 aromatic heterocycles. The van der Waals surface area contributed by atoms with E-state index < -0.39 is 21.7 Å². The minimum Gasteiger partial charge on any atom is -0.453 e. The van der Waals surface area contributed by atoms with Crippen LogP contribution in [-0.2, 0) is 14.8 Å². The maximum Gasteiger partial charge on any atom is 0.248 e. The van der Waals surface area contributed by atoms with Crippen LogP contribution >= 0.6 is 0 Å². The van der Waals surface area contributed by atoms with Crippen molar-refractivity contribution in [2.75, 3.05) is 21.9 Å². The Hall–Kier alpha value is -3.72. The van der Waals surface area contributed by atoms with Crippen molar-refractivity contribution in [2.24, 2.45) is 0 Å². The summed E-state index contributed by atoms with van der Waals surface area (Å²) in [6.07, 6.45) is 6.44. The Morgan fingerprint density at radius 3 is 2.62 bits per heavy atom. The molecular formula is C23H20FN3O4S. The van der Waals surface area contributed by atoms with Crippen molar-refractivity contribution in [3.63, 3.8) is 0 Å². The summed E-state index contributed by atoms with van der Waals surface area (Å²) in [5.41, 5.74) is 1.58. The maximum absolute atomic E-state index is 14.3. The first-order chi connectivity index (χ1) is 15.4. The third-order valence-corrected chi connectivity index (χ3v) is 6.64. The molecule has 1 amide bonds. The fraction of sp³-hybridized carbons (Fsp3) is 0.130. The number of rotatable bonds is 6. The highest BCUT2D eigenvalue weighted by atomic mass is 32.2. The molecule has 0 spiro atoms. The molecular weight excluding hydrogens is 433 g/mol. The van der Waals surface area contributed by atoms with E-state index in [9.17, 15) is 17.6 Å². The van der Waals surface area contributed by atoms with Crippen LogP contribution in [0.4, 0.5) is 15.8 Å². The van der Waals surface area contributed by atoms with Gasteiger partial charge in [0.05, 0.1) is 17.6 Å². The highest BCUT2D eigenvalue weighted by Gasteiger charge is 2.28. The van der Waals surface area contributed by atoms with Crippen LogP contribution in [0.2, 0.25) is 0 Å². The fourth-order valence-corrected chi connectivity index (χ4v) is 4.80. The minimum atomic E-state index is -3.25. The molecule has 0 unspecified atom stereocenters. The van der Waals surface area contributed by atoms with Crippen LogP contribution in [0.25, 0.3) is 6.08 Å². The third-order valence-electron chi connectivity index (χ3n) is 4.77. The molecule has 1 saturated heterocycles. The number of amides is 1. The van der Waals surface area contributed by atoms with Gasteiger partial charge in [0.1, 0.15) is 5.75 Å². The lowest BCUT2D eigenvalue weighted by Crippen LogP contribution is -2.24. The highest BCUT2D eigenvalue weighted by molar-refractivity contribution is 7.93. The number of aromatic nitrogens is 1. The third kappa shape index (κ3) is 5.12. The molecule has 1 aliphatic heterocycles. The summed E-state index contributed by atoms with van der Waals surface area (Å²) < 4.78 is 45.1. The Kier molecular flexibility index (Phi) is 6.18. The zero-order valence-electron chi connectivity index (χ0n) is 16.9. The van der Waals surface area contributed by atoms with Gasteiger partial charge >= 0.3 is 0 Å². The van der Waals surface area contributed by atoms with Crippen LogP contribution in [0.15, 0.2) is 73.1 Å². The smallest absolute Gasteiger partial charge is 0.248 e. The van der Waals surface area contributed by atoms with Crippen molar-refractivity contribution in [2.45, 2.75) is 6.42 Å². The summed E-state index contributed by atoms with van der Waals surface area (Å²) in [6.45, 7) is 0.458. The standard InChI is InChI=1S/C23H20FN3O4S/c24-21-15-17(4-10-22(21)31-20-3-1-12-25-16-20)5-11-23(28)26-18-6-8-19(9-7-18)27-13-2-14-32(27,29)30/h1,3-12,15-16H,2,13-14H2,(H,26,28)/b11-5+. The first-order valence-electron chi connectivity index (χ1n) is 9.88. The molecule has 7 nitrogen and oxygen atoms in total. The first-order valence-corrected chi connectivity index (χ1v) is 11.5. The number of carbonyl (C=O) groups is 1. The van der Waals surface area contributed by atoms with Gasteiger partial charge in [0, 0.05) is 24.5 Å². The maximum atomic E-state index is 14.3. The molecule has 0 radical (unpaired) electrons. The van der Waals surface area contributed by atoms with Gasteiger partial charge in [-0.15, -0.1) is 0 Å². The van der Waals surface area contributed by atoms with Gasteiger partial charge in [0.2, 0.25) is 15.9 Å². The van der Waals surface area contributed by atoms with Crippen molar-refractivity contribution >= 4 is 33.4 Å². The van der Waals surface area contributed by atoms with E-state index in [0.29, 0.717) is 35.7 Å². The van der Waals surface area contributed by atoms with Gasteiger partial charge in [0.15, 0.2) is 11.6 Å². The Labute approximate surface area is 185 Å². The number of hydrogen-bond donors (Lipinski definition) is 1. The zero-order valence-corrected chi connectivity index (χ0v) is 17.8. The Morgan fingerprint density at radius 2 is 1.97 bits per heavy atom. The van der Waals surface area contributed by atoms with Crippen molar-refractivity contribution in [3.8, 4) is 11.5 Å². The predicted octanol–water partition coefficient (Wildman–Crippen LogP) is 4.20. The van der Waals surface area contributed by atoms with Crippen molar-refractivity contribution in [1.29, 1.82) is 0 Å². The average molecular weight is 453 g/mol. The van der Waals surface area contributed by atoms with Gasteiger partial charge in [-0.1, -0.05) is 6.07 Å². The molecule has 0 atom stereocenters. The molecule has 2 aromatic carbocycles. The molecule has 2 heterocycles. The SMILES string of the molecule is O=C(/C=C/c1ccc(Oc2cccnc2)c(F)c1)Nc1ccc(N2CCCS2(=O)=O)cc1. The lowest BCUT2D eigenvalue weighted by molar-refractivity contribution is -0.111. The number of hydrogen-bond acceptors (Lipinski definition) is 5. The predicted molar refractivity (Wildman–Crippen MR) is 121 cm³/mol. The Morgan fingerprint density at radius 1 is 1.16 bits per heavy atom. The second-order valence-corrected chi connectivity index (χ2v) is 9.10. The van der Waals surface area contributed by atoms with Crippen LogP contribution in [0.5, 0.6) is 11.5 Å². The van der Waals surface area contributed by atoms with Crippen LogP contribution in [0.3, 0.4) is 0 Å². The lowest BCUT2D eigenvalue weighted by Gasteiger charge is -2.17. The number of nitrogens with zero attached hydrogens (tertiary/aromatic N) is 2. The fourth-order valence-electron chi connectivity index (χ4n) is 3.23. The molecule has 0 saturated carbocycles. The Bertz CT molecular complexity index is 1250. The second-order valence-electron chi connectivity index (χ2n) is 7.09. The second kappa shape index (κ2) is 9.19. The van der Waals surface area contributed by atoms with E-state index >= 15 is 0 Å². The van der Waals surface area contributed by atoms with Crippen molar-refractivity contribution < 1.29 is 22.3 Å². The molecule has 3 aromatic rings. The molecule has 0 aliphatic carbocycles.